The lowest BCUT2D eigenvalue weighted by Gasteiger charge is -2.23. The highest BCUT2D eigenvalue weighted by Crippen LogP contribution is 2.33. The van der Waals surface area contributed by atoms with Gasteiger partial charge in [-0.1, -0.05) is 6.08 Å². The van der Waals surface area contributed by atoms with Crippen LogP contribution in [0.25, 0.3) is 16.6 Å². The Morgan fingerprint density at radius 3 is 2.88 bits per heavy atom. The Morgan fingerprint density at radius 2 is 2.16 bits per heavy atom. The van der Waals surface area contributed by atoms with E-state index in [9.17, 15) is 9.18 Å². The van der Waals surface area contributed by atoms with Crippen LogP contribution in [0.3, 0.4) is 0 Å². The summed E-state index contributed by atoms with van der Waals surface area (Å²) in [6.45, 7) is 2.65. The lowest BCUT2D eigenvalue weighted by molar-refractivity contribution is 0.150. The van der Waals surface area contributed by atoms with Gasteiger partial charge in [0, 0.05) is 36.9 Å². The van der Waals surface area contributed by atoms with Gasteiger partial charge in [-0.3, -0.25) is 0 Å². The molecule has 2 aliphatic rings. The molecule has 0 bridgehead atoms. The summed E-state index contributed by atoms with van der Waals surface area (Å²) in [6, 6.07) is 7.10. The summed E-state index contributed by atoms with van der Waals surface area (Å²) >= 11 is 0. The molecule has 3 N–H and O–H groups in total. The summed E-state index contributed by atoms with van der Waals surface area (Å²) in [5.41, 5.74) is 4.17. The van der Waals surface area contributed by atoms with Crippen molar-refractivity contribution in [3.63, 3.8) is 0 Å². The summed E-state index contributed by atoms with van der Waals surface area (Å²) in [5, 5.41) is 13.3. The average Bonchev–Trinajstić information content (AvgIpc) is 3.42. The number of carboxylic acid groups (broad SMARTS) is 1. The first-order valence-electron chi connectivity index (χ1n) is 10.7. The number of likely N-dealkylation sites (N-methyl/N-ethyl adjacent to an activating group) is 1. The second kappa shape index (κ2) is 8.23. The van der Waals surface area contributed by atoms with Gasteiger partial charge in [-0.15, -0.1) is 0 Å². The molecule has 4 heterocycles. The van der Waals surface area contributed by atoms with Gasteiger partial charge in [-0.25, -0.2) is 19.2 Å². The number of H-pyrrole nitrogens is 1. The van der Waals surface area contributed by atoms with Crippen LogP contribution < -0.4 is 5.32 Å². The lowest BCUT2D eigenvalue weighted by Crippen LogP contribution is -2.33. The van der Waals surface area contributed by atoms with E-state index in [2.05, 4.69) is 32.2 Å². The van der Waals surface area contributed by atoms with E-state index in [1.807, 2.05) is 18.2 Å². The van der Waals surface area contributed by atoms with E-state index in [0.717, 1.165) is 47.4 Å². The average molecular weight is 436 g/mol. The molecule has 2 aliphatic heterocycles. The maximum atomic E-state index is 14.5. The monoisotopic (exact) mass is 436 g/mol. The summed E-state index contributed by atoms with van der Waals surface area (Å²) in [5.74, 6) is 0.657. The quantitative estimate of drug-likeness (QED) is 0.571. The topological polar surface area (TPSA) is 97.4 Å². The molecule has 0 spiro atoms. The van der Waals surface area contributed by atoms with Crippen LogP contribution in [0.4, 0.5) is 20.7 Å². The Labute approximate surface area is 184 Å². The van der Waals surface area contributed by atoms with Gasteiger partial charge in [0.2, 0.25) is 0 Å². The number of anilines is 2. The van der Waals surface area contributed by atoms with Crippen molar-refractivity contribution < 1.29 is 14.3 Å². The Hall–Kier alpha value is -3.46. The number of likely N-dealkylation sites (tertiary alicyclic amines) is 1. The molecule has 1 fully saturated rings. The Kier molecular flexibility index (Phi) is 5.26. The molecular weight excluding hydrogens is 411 g/mol. The van der Waals surface area contributed by atoms with Crippen molar-refractivity contribution in [2.24, 2.45) is 0 Å². The van der Waals surface area contributed by atoms with E-state index >= 15 is 0 Å². The van der Waals surface area contributed by atoms with Crippen LogP contribution in [-0.4, -0.2) is 69.2 Å². The number of fused-ring (bicyclic) bond motifs is 1. The molecule has 0 unspecified atom stereocenters. The highest BCUT2D eigenvalue weighted by Gasteiger charge is 2.24. The number of aromatic amines is 1. The highest BCUT2D eigenvalue weighted by atomic mass is 19.1. The molecule has 5 rings (SSSR count). The normalized spacial score (nSPS) is 19.4. The second-order valence-corrected chi connectivity index (χ2v) is 8.48. The minimum atomic E-state index is -0.905. The summed E-state index contributed by atoms with van der Waals surface area (Å²) in [6.07, 6.45) is 4.09. The fourth-order valence-corrected chi connectivity index (χ4v) is 4.56. The number of nitrogens with one attached hydrogen (secondary N) is 2. The van der Waals surface area contributed by atoms with Gasteiger partial charge in [0.25, 0.3) is 0 Å². The van der Waals surface area contributed by atoms with E-state index in [-0.39, 0.29) is 11.7 Å². The third kappa shape index (κ3) is 3.91. The summed E-state index contributed by atoms with van der Waals surface area (Å²) in [4.78, 5) is 26.8. The number of benzene rings is 1. The Bertz CT molecular complexity index is 1210. The van der Waals surface area contributed by atoms with Gasteiger partial charge in [-0.05, 0) is 61.8 Å². The van der Waals surface area contributed by atoms with Crippen molar-refractivity contribution in [2.75, 3.05) is 38.5 Å². The van der Waals surface area contributed by atoms with E-state index < -0.39 is 6.09 Å². The zero-order valence-corrected chi connectivity index (χ0v) is 17.8. The predicted molar refractivity (Wildman–Crippen MR) is 121 cm³/mol. The Balaban J connectivity index is 1.42. The molecule has 0 saturated carbocycles. The second-order valence-electron chi connectivity index (χ2n) is 8.48. The fraction of sp³-hybridized carbons (Fsp3) is 0.348. The number of rotatable bonds is 4. The summed E-state index contributed by atoms with van der Waals surface area (Å²) < 4.78 is 14.5. The molecule has 3 aromatic rings. The SMILES string of the molecule is CN1CC[C@@H](c2cc(Nc3ncnc4[nH]c(C5=CCN(C(=O)O)CC5)cc34)ccc2F)C1. The van der Waals surface area contributed by atoms with Crippen LogP contribution >= 0.6 is 0 Å². The molecule has 9 heteroatoms. The van der Waals surface area contributed by atoms with Gasteiger partial charge in [0.05, 0.1) is 5.39 Å². The molecular formula is C23H25FN6O2. The first kappa shape index (κ1) is 20.4. The van der Waals surface area contributed by atoms with E-state index in [1.165, 1.54) is 17.3 Å². The van der Waals surface area contributed by atoms with Crippen LogP contribution in [0.1, 0.15) is 30.0 Å². The van der Waals surface area contributed by atoms with Crippen molar-refractivity contribution in [3.05, 3.63) is 53.7 Å². The van der Waals surface area contributed by atoms with Gasteiger partial charge in [0.1, 0.15) is 23.6 Å². The van der Waals surface area contributed by atoms with Crippen molar-refractivity contribution in [3.8, 4) is 0 Å². The number of hydrogen-bond donors (Lipinski definition) is 3. The minimum Gasteiger partial charge on any atom is -0.465 e. The van der Waals surface area contributed by atoms with E-state index in [4.69, 9.17) is 5.11 Å². The molecule has 1 atom stereocenters. The van der Waals surface area contributed by atoms with Crippen LogP contribution in [0, 0.1) is 5.82 Å². The van der Waals surface area contributed by atoms with Gasteiger partial charge < -0.3 is 25.2 Å². The van der Waals surface area contributed by atoms with Crippen LogP contribution in [0.2, 0.25) is 0 Å². The highest BCUT2D eigenvalue weighted by molar-refractivity contribution is 5.92. The van der Waals surface area contributed by atoms with Crippen LogP contribution in [0.5, 0.6) is 0 Å². The molecule has 0 aliphatic carbocycles. The fourth-order valence-electron chi connectivity index (χ4n) is 4.56. The third-order valence-electron chi connectivity index (χ3n) is 6.34. The van der Waals surface area contributed by atoms with Crippen molar-refractivity contribution >= 4 is 34.2 Å². The third-order valence-corrected chi connectivity index (χ3v) is 6.34. The van der Waals surface area contributed by atoms with Gasteiger partial charge in [-0.2, -0.15) is 0 Å². The molecule has 1 aromatic carbocycles. The smallest absolute Gasteiger partial charge is 0.407 e. The molecule has 1 saturated heterocycles. The number of amides is 1. The number of carbonyl (C=O) groups is 1. The number of aromatic nitrogens is 3. The number of hydrogen-bond acceptors (Lipinski definition) is 5. The first-order chi connectivity index (χ1) is 15.5. The number of halogens is 1. The van der Waals surface area contributed by atoms with Crippen LogP contribution in [-0.2, 0) is 0 Å². The molecule has 8 nitrogen and oxygen atoms in total. The molecule has 1 amide bonds. The molecule has 0 radical (unpaired) electrons. The lowest BCUT2D eigenvalue weighted by atomic mass is 9.97. The van der Waals surface area contributed by atoms with Crippen molar-refractivity contribution in [1.29, 1.82) is 0 Å². The maximum absolute atomic E-state index is 14.5. The van der Waals surface area contributed by atoms with Crippen molar-refractivity contribution in [2.45, 2.75) is 18.8 Å². The first-order valence-corrected chi connectivity index (χ1v) is 10.7. The molecule has 2 aromatic heterocycles. The van der Waals surface area contributed by atoms with Crippen LogP contribution in [0.15, 0.2) is 36.7 Å². The standard InChI is InChI=1S/C23H25FN6O2/c1-29-7-4-15(12-29)17-10-16(2-3-19(17)24)27-21-18-11-20(28-22(18)26-13-25-21)14-5-8-30(9-6-14)23(31)32/h2-3,5,10-11,13,15H,4,6-9,12H2,1H3,(H,31,32)(H2,25,26,27,28)/t15-/m1/s1. The molecule has 32 heavy (non-hydrogen) atoms. The van der Waals surface area contributed by atoms with E-state index in [0.29, 0.717) is 31.0 Å². The maximum Gasteiger partial charge on any atom is 0.407 e. The Morgan fingerprint density at radius 1 is 1.28 bits per heavy atom. The largest absolute Gasteiger partial charge is 0.465 e. The molecule has 166 valence electrons. The van der Waals surface area contributed by atoms with Crippen molar-refractivity contribution in [1.82, 2.24) is 24.8 Å². The summed E-state index contributed by atoms with van der Waals surface area (Å²) in [7, 11) is 2.06. The van der Waals surface area contributed by atoms with Gasteiger partial charge in [0.15, 0.2) is 0 Å². The predicted octanol–water partition coefficient (Wildman–Crippen LogP) is 4.03. The van der Waals surface area contributed by atoms with Gasteiger partial charge >= 0.3 is 6.09 Å². The zero-order chi connectivity index (χ0) is 22.2. The van der Waals surface area contributed by atoms with E-state index in [1.54, 1.807) is 6.07 Å². The zero-order valence-electron chi connectivity index (χ0n) is 17.8. The minimum absolute atomic E-state index is 0.174. The number of nitrogens with zero attached hydrogens (tertiary/aromatic N) is 4.